The highest BCUT2D eigenvalue weighted by Gasteiger charge is 2.28. The molecule has 2 aromatic rings. The van der Waals surface area contributed by atoms with Crippen molar-refractivity contribution in [3.8, 4) is 0 Å². The minimum absolute atomic E-state index is 0.0645. The Morgan fingerprint density at radius 2 is 1.60 bits per heavy atom. The SMILES string of the molecule is CN(C(=O)COC(=O)C1CCN(C(=O)/C=C/c2ccccc2)CC1)c1ccccc1. The van der Waals surface area contributed by atoms with E-state index in [0.717, 1.165) is 11.3 Å². The van der Waals surface area contributed by atoms with Crippen molar-refractivity contribution in [2.24, 2.45) is 5.92 Å². The van der Waals surface area contributed by atoms with Crippen LogP contribution in [0.5, 0.6) is 0 Å². The van der Waals surface area contributed by atoms with Crippen LogP contribution in [0.25, 0.3) is 6.08 Å². The molecule has 1 aliphatic heterocycles. The van der Waals surface area contributed by atoms with Gasteiger partial charge < -0.3 is 14.5 Å². The van der Waals surface area contributed by atoms with Crippen LogP contribution < -0.4 is 4.90 Å². The predicted octanol–water partition coefficient (Wildman–Crippen LogP) is 3.14. The molecule has 6 nitrogen and oxygen atoms in total. The first-order chi connectivity index (χ1) is 14.5. The van der Waals surface area contributed by atoms with E-state index in [0.29, 0.717) is 25.9 Å². The smallest absolute Gasteiger partial charge is 0.309 e. The molecule has 0 bridgehead atoms. The lowest BCUT2D eigenvalue weighted by Crippen LogP contribution is -2.40. The Balaban J connectivity index is 1.42. The van der Waals surface area contributed by atoms with Gasteiger partial charge in [-0.25, -0.2) is 0 Å². The van der Waals surface area contributed by atoms with Gasteiger partial charge in [0.25, 0.3) is 5.91 Å². The van der Waals surface area contributed by atoms with Crippen LogP contribution in [-0.4, -0.2) is 49.4 Å². The number of hydrogen-bond acceptors (Lipinski definition) is 4. The van der Waals surface area contributed by atoms with Gasteiger partial charge in [-0.2, -0.15) is 0 Å². The Morgan fingerprint density at radius 1 is 1.00 bits per heavy atom. The number of nitrogens with zero attached hydrogens (tertiary/aromatic N) is 2. The summed E-state index contributed by atoms with van der Waals surface area (Å²) in [5.74, 6) is -1.02. The standard InChI is InChI=1S/C24H26N2O4/c1-25(21-10-6-3-7-11-21)23(28)18-30-24(29)20-14-16-26(17-15-20)22(27)13-12-19-8-4-2-5-9-19/h2-13,20H,14-18H2,1H3/b13-12+. The van der Waals surface area contributed by atoms with E-state index in [1.54, 1.807) is 24.1 Å². The van der Waals surface area contributed by atoms with Crippen LogP contribution in [0.15, 0.2) is 66.7 Å². The van der Waals surface area contributed by atoms with Crippen LogP contribution in [0.2, 0.25) is 0 Å². The minimum atomic E-state index is -0.378. The van der Waals surface area contributed by atoms with Crippen LogP contribution in [0.3, 0.4) is 0 Å². The van der Waals surface area contributed by atoms with Gasteiger partial charge in [0.1, 0.15) is 0 Å². The molecule has 0 spiro atoms. The van der Waals surface area contributed by atoms with Gasteiger partial charge >= 0.3 is 5.97 Å². The molecule has 3 rings (SSSR count). The van der Waals surface area contributed by atoms with E-state index >= 15 is 0 Å². The van der Waals surface area contributed by atoms with Crippen LogP contribution >= 0.6 is 0 Å². The molecular weight excluding hydrogens is 380 g/mol. The fraction of sp³-hybridized carbons (Fsp3) is 0.292. The van der Waals surface area contributed by atoms with Crippen LogP contribution in [-0.2, 0) is 19.1 Å². The van der Waals surface area contributed by atoms with Gasteiger partial charge in [-0.3, -0.25) is 14.4 Å². The van der Waals surface area contributed by atoms with Gasteiger partial charge in [0.2, 0.25) is 5.91 Å². The third-order valence-electron chi connectivity index (χ3n) is 5.21. The number of hydrogen-bond donors (Lipinski definition) is 0. The lowest BCUT2D eigenvalue weighted by Gasteiger charge is -2.30. The Labute approximate surface area is 176 Å². The number of benzene rings is 2. The lowest BCUT2D eigenvalue weighted by atomic mass is 9.97. The molecule has 0 saturated carbocycles. The summed E-state index contributed by atoms with van der Waals surface area (Å²) in [4.78, 5) is 40.1. The molecule has 0 aromatic heterocycles. The van der Waals surface area contributed by atoms with Crippen molar-refractivity contribution in [1.82, 2.24) is 4.90 Å². The molecule has 156 valence electrons. The van der Waals surface area contributed by atoms with E-state index in [1.807, 2.05) is 60.7 Å². The Kier molecular flexibility index (Phi) is 7.38. The van der Waals surface area contributed by atoms with Gasteiger partial charge in [-0.15, -0.1) is 0 Å². The Morgan fingerprint density at radius 3 is 2.23 bits per heavy atom. The number of rotatable bonds is 6. The van der Waals surface area contributed by atoms with Crippen LogP contribution in [0.4, 0.5) is 5.69 Å². The fourth-order valence-electron chi connectivity index (χ4n) is 3.32. The van der Waals surface area contributed by atoms with Gasteiger partial charge in [0.05, 0.1) is 5.92 Å². The minimum Gasteiger partial charge on any atom is -0.455 e. The van der Waals surface area contributed by atoms with Crippen LogP contribution in [0.1, 0.15) is 18.4 Å². The molecule has 0 atom stereocenters. The summed E-state index contributed by atoms with van der Waals surface area (Å²) in [7, 11) is 1.65. The fourth-order valence-corrected chi connectivity index (χ4v) is 3.32. The van der Waals surface area contributed by atoms with E-state index in [9.17, 15) is 14.4 Å². The molecule has 0 radical (unpaired) electrons. The van der Waals surface area contributed by atoms with Crippen molar-refractivity contribution in [1.29, 1.82) is 0 Å². The summed E-state index contributed by atoms with van der Waals surface area (Å²) in [5, 5.41) is 0. The van der Waals surface area contributed by atoms with Gasteiger partial charge in [0, 0.05) is 31.9 Å². The number of carbonyl (C=O) groups excluding carboxylic acids is 3. The topological polar surface area (TPSA) is 66.9 Å². The van der Waals surface area contributed by atoms with Crippen molar-refractivity contribution in [2.75, 3.05) is 31.6 Å². The molecule has 1 saturated heterocycles. The number of likely N-dealkylation sites (N-methyl/N-ethyl adjacent to an activating group) is 1. The maximum absolute atomic E-state index is 12.3. The van der Waals surface area contributed by atoms with Crippen LogP contribution in [0, 0.1) is 5.92 Å². The van der Waals surface area contributed by atoms with Gasteiger partial charge in [-0.05, 0) is 36.6 Å². The highest BCUT2D eigenvalue weighted by molar-refractivity contribution is 5.95. The molecule has 1 heterocycles. The molecule has 6 heteroatoms. The van der Waals surface area contributed by atoms with E-state index in [2.05, 4.69) is 0 Å². The maximum Gasteiger partial charge on any atom is 0.309 e. The van der Waals surface area contributed by atoms with Gasteiger partial charge in [0.15, 0.2) is 6.61 Å². The number of carbonyl (C=O) groups is 3. The van der Waals surface area contributed by atoms with Crippen molar-refractivity contribution in [3.05, 3.63) is 72.3 Å². The van der Waals surface area contributed by atoms with Crippen molar-refractivity contribution >= 4 is 29.5 Å². The molecule has 1 aliphatic rings. The van der Waals surface area contributed by atoms with Crippen molar-refractivity contribution in [2.45, 2.75) is 12.8 Å². The average molecular weight is 406 g/mol. The predicted molar refractivity (Wildman–Crippen MR) is 116 cm³/mol. The number of anilines is 1. The van der Waals surface area contributed by atoms with Crippen molar-refractivity contribution in [3.63, 3.8) is 0 Å². The first kappa shape index (κ1) is 21.3. The van der Waals surface area contributed by atoms with E-state index in [-0.39, 0.29) is 30.3 Å². The summed E-state index contributed by atoms with van der Waals surface area (Å²) in [5.41, 5.74) is 1.71. The molecule has 0 unspecified atom stereocenters. The Hall–Kier alpha value is -3.41. The maximum atomic E-state index is 12.3. The second kappa shape index (κ2) is 10.4. The molecule has 30 heavy (non-hydrogen) atoms. The molecule has 0 aliphatic carbocycles. The number of para-hydroxylation sites is 1. The number of esters is 1. The number of piperidine rings is 1. The Bertz CT molecular complexity index is 888. The second-order valence-corrected chi connectivity index (χ2v) is 7.24. The molecular formula is C24H26N2O4. The molecule has 2 aromatic carbocycles. The zero-order valence-corrected chi connectivity index (χ0v) is 17.1. The number of amides is 2. The summed E-state index contributed by atoms with van der Waals surface area (Å²) < 4.78 is 5.24. The molecule has 0 N–H and O–H groups in total. The highest BCUT2D eigenvalue weighted by Crippen LogP contribution is 2.19. The first-order valence-electron chi connectivity index (χ1n) is 10.0. The normalized spacial score (nSPS) is 14.5. The summed E-state index contributed by atoms with van der Waals surface area (Å²) in [6.07, 6.45) is 4.42. The van der Waals surface area contributed by atoms with Gasteiger partial charge in [-0.1, -0.05) is 48.5 Å². The summed E-state index contributed by atoms with van der Waals surface area (Å²) >= 11 is 0. The average Bonchev–Trinajstić information content (AvgIpc) is 2.81. The number of likely N-dealkylation sites (tertiary alicyclic amines) is 1. The quantitative estimate of drug-likeness (QED) is 0.546. The zero-order chi connectivity index (χ0) is 21.3. The number of ether oxygens (including phenoxy) is 1. The molecule has 1 fully saturated rings. The van der Waals surface area contributed by atoms with E-state index in [4.69, 9.17) is 4.74 Å². The monoisotopic (exact) mass is 406 g/mol. The third kappa shape index (κ3) is 5.80. The largest absolute Gasteiger partial charge is 0.455 e. The summed E-state index contributed by atoms with van der Waals surface area (Å²) in [6, 6.07) is 18.8. The van der Waals surface area contributed by atoms with Crippen molar-refractivity contribution < 1.29 is 19.1 Å². The summed E-state index contributed by atoms with van der Waals surface area (Å²) in [6.45, 7) is 0.703. The van der Waals surface area contributed by atoms with E-state index < -0.39 is 0 Å². The molecule has 2 amide bonds. The highest BCUT2D eigenvalue weighted by atomic mass is 16.5. The van der Waals surface area contributed by atoms with E-state index in [1.165, 1.54) is 4.90 Å². The second-order valence-electron chi connectivity index (χ2n) is 7.24. The first-order valence-corrected chi connectivity index (χ1v) is 10.0. The lowest BCUT2D eigenvalue weighted by molar-refractivity contribution is -0.154. The zero-order valence-electron chi connectivity index (χ0n) is 17.1. The third-order valence-corrected chi connectivity index (χ3v) is 5.21.